The largest absolute Gasteiger partial charge is 0.378 e. The zero-order valence-corrected chi connectivity index (χ0v) is 18.7. The normalized spacial score (nSPS) is 17.7. The topological polar surface area (TPSA) is 62.6 Å². The molecular formula is C22H23BrFN5O2. The lowest BCUT2D eigenvalue weighted by Gasteiger charge is -2.43. The highest BCUT2D eigenvalue weighted by molar-refractivity contribution is 9.10. The van der Waals surface area contributed by atoms with Crippen molar-refractivity contribution in [1.29, 1.82) is 0 Å². The number of hydrogen-bond donors (Lipinski definition) is 1. The van der Waals surface area contributed by atoms with Gasteiger partial charge in [0, 0.05) is 38.6 Å². The number of nitrogens with zero attached hydrogens (tertiary/aromatic N) is 4. The maximum absolute atomic E-state index is 14.6. The summed E-state index contributed by atoms with van der Waals surface area (Å²) in [6.07, 6.45) is 1.81. The minimum atomic E-state index is -0.396. The summed E-state index contributed by atoms with van der Waals surface area (Å²) in [5.41, 5.74) is 1.63. The quantitative estimate of drug-likeness (QED) is 0.609. The standard InChI is InChI=1S/C22H23BrFN5O2/c1-27-19-4-3-17(23)21(24)16(19)10-18(22(27)30)26-20-5-2-14(11-25-20)28-6-8-29(9-7-28)15-12-31-13-15/h2-5,10-11,15H,6-9,12-13H2,1H3,(H,25,26). The number of benzene rings is 1. The lowest BCUT2D eigenvalue weighted by atomic mass is 10.1. The van der Waals surface area contributed by atoms with E-state index in [-0.39, 0.29) is 11.2 Å². The summed E-state index contributed by atoms with van der Waals surface area (Å²) >= 11 is 3.21. The van der Waals surface area contributed by atoms with Crippen molar-refractivity contribution in [1.82, 2.24) is 14.5 Å². The van der Waals surface area contributed by atoms with Crippen LogP contribution in [0.3, 0.4) is 0 Å². The molecule has 4 heterocycles. The number of rotatable bonds is 4. The van der Waals surface area contributed by atoms with Gasteiger partial charge in [-0.3, -0.25) is 9.69 Å². The molecule has 0 spiro atoms. The number of aryl methyl sites for hydroxylation is 1. The zero-order chi connectivity index (χ0) is 21.5. The SMILES string of the molecule is Cn1c(=O)c(Nc2ccc(N3CCN(C4COC4)CC3)cn2)cc2c(F)c(Br)ccc21. The number of ether oxygens (including phenoxy) is 1. The van der Waals surface area contributed by atoms with Crippen LogP contribution in [0.5, 0.6) is 0 Å². The van der Waals surface area contributed by atoms with Gasteiger partial charge in [0.2, 0.25) is 0 Å². The third-order valence-corrected chi connectivity index (χ3v) is 6.73. The number of piperazine rings is 1. The fourth-order valence-electron chi connectivity index (χ4n) is 4.14. The monoisotopic (exact) mass is 487 g/mol. The Hall–Kier alpha value is -2.49. The van der Waals surface area contributed by atoms with Gasteiger partial charge >= 0.3 is 0 Å². The van der Waals surface area contributed by atoms with Crippen molar-refractivity contribution in [2.24, 2.45) is 7.05 Å². The Morgan fingerprint density at radius 1 is 1.16 bits per heavy atom. The molecule has 31 heavy (non-hydrogen) atoms. The second kappa shape index (κ2) is 8.22. The molecule has 9 heteroatoms. The van der Waals surface area contributed by atoms with Gasteiger partial charge < -0.3 is 19.5 Å². The predicted octanol–water partition coefficient (Wildman–Crippen LogP) is 3.10. The van der Waals surface area contributed by atoms with Crippen LogP contribution in [0, 0.1) is 5.82 Å². The lowest BCUT2D eigenvalue weighted by Crippen LogP contribution is -2.56. The second-order valence-corrected chi connectivity index (χ2v) is 8.81. The van der Waals surface area contributed by atoms with Crippen molar-refractivity contribution in [2.45, 2.75) is 6.04 Å². The highest BCUT2D eigenvalue weighted by Crippen LogP contribution is 2.27. The van der Waals surface area contributed by atoms with E-state index in [4.69, 9.17) is 4.74 Å². The zero-order valence-electron chi connectivity index (χ0n) is 17.1. The van der Waals surface area contributed by atoms with E-state index in [2.05, 4.69) is 36.0 Å². The van der Waals surface area contributed by atoms with Crippen LogP contribution < -0.4 is 15.8 Å². The average molecular weight is 488 g/mol. The Labute approximate surface area is 187 Å². The van der Waals surface area contributed by atoms with Crippen molar-refractivity contribution < 1.29 is 9.13 Å². The smallest absolute Gasteiger partial charge is 0.274 e. The van der Waals surface area contributed by atoms with Gasteiger partial charge in [-0.2, -0.15) is 0 Å². The van der Waals surface area contributed by atoms with Gasteiger partial charge in [0.05, 0.1) is 41.1 Å². The number of nitrogens with one attached hydrogen (secondary N) is 1. The van der Waals surface area contributed by atoms with Crippen LogP contribution >= 0.6 is 15.9 Å². The number of hydrogen-bond acceptors (Lipinski definition) is 6. The van der Waals surface area contributed by atoms with Gasteiger partial charge in [0.1, 0.15) is 17.3 Å². The van der Waals surface area contributed by atoms with Crippen molar-refractivity contribution in [3.05, 3.63) is 57.2 Å². The van der Waals surface area contributed by atoms with Crippen molar-refractivity contribution in [2.75, 3.05) is 49.6 Å². The number of fused-ring (bicyclic) bond motifs is 1. The molecule has 0 unspecified atom stereocenters. The van der Waals surface area contributed by atoms with Gasteiger partial charge in [-0.15, -0.1) is 0 Å². The fraction of sp³-hybridized carbons (Fsp3) is 0.364. The van der Waals surface area contributed by atoms with E-state index >= 15 is 0 Å². The molecule has 0 radical (unpaired) electrons. The maximum Gasteiger partial charge on any atom is 0.274 e. The molecule has 0 aliphatic carbocycles. The summed E-state index contributed by atoms with van der Waals surface area (Å²) in [6.45, 7) is 5.62. The molecule has 162 valence electrons. The molecule has 2 aliphatic heterocycles. The molecule has 0 atom stereocenters. The van der Waals surface area contributed by atoms with E-state index in [9.17, 15) is 9.18 Å². The van der Waals surface area contributed by atoms with Crippen LogP contribution in [-0.2, 0) is 11.8 Å². The van der Waals surface area contributed by atoms with E-state index in [1.165, 1.54) is 10.6 Å². The number of pyridine rings is 2. The first-order chi connectivity index (χ1) is 15.0. The second-order valence-electron chi connectivity index (χ2n) is 7.96. The summed E-state index contributed by atoms with van der Waals surface area (Å²) in [7, 11) is 1.63. The Morgan fingerprint density at radius 3 is 2.58 bits per heavy atom. The summed E-state index contributed by atoms with van der Waals surface area (Å²) in [4.78, 5) is 22.0. The maximum atomic E-state index is 14.6. The lowest BCUT2D eigenvalue weighted by molar-refractivity contribution is -0.0660. The molecule has 2 aromatic heterocycles. The molecule has 7 nitrogen and oxygen atoms in total. The van der Waals surface area contributed by atoms with E-state index in [0.29, 0.717) is 27.2 Å². The van der Waals surface area contributed by atoms with Crippen molar-refractivity contribution in [3.8, 4) is 0 Å². The molecule has 2 fully saturated rings. The Morgan fingerprint density at radius 2 is 1.94 bits per heavy atom. The van der Waals surface area contributed by atoms with E-state index in [1.807, 2.05) is 18.3 Å². The third kappa shape index (κ3) is 3.81. The first-order valence-electron chi connectivity index (χ1n) is 10.3. The summed E-state index contributed by atoms with van der Waals surface area (Å²) in [5.74, 6) is 0.146. The van der Waals surface area contributed by atoms with Crippen molar-refractivity contribution in [3.63, 3.8) is 0 Å². The average Bonchev–Trinajstić information content (AvgIpc) is 2.75. The highest BCUT2D eigenvalue weighted by atomic mass is 79.9. The minimum absolute atomic E-state index is 0.240. The Bertz CT molecular complexity index is 1170. The minimum Gasteiger partial charge on any atom is -0.378 e. The van der Waals surface area contributed by atoms with E-state index in [0.717, 1.165) is 45.1 Å². The first kappa shape index (κ1) is 20.4. The fourth-order valence-corrected chi connectivity index (χ4v) is 4.48. The molecule has 2 aliphatic rings. The number of aromatic nitrogens is 2. The summed E-state index contributed by atoms with van der Waals surface area (Å²) < 4.78 is 21.7. The van der Waals surface area contributed by atoms with Crippen molar-refractivity contribution >= 4 is 44.0 Å². The summed E-state index contributed by atoms with van der Waals surface area (Å²) in [6, 6.07) is 9.28. The molecule has 0 amide bonds. The van der Waals surface area contributed by atoms with Gasteiger partial charge in [-0.25, -0.2) is 9.37 Å². The highest BCUT2D eigenvalue weighted by Gasteiger charge is 2.28. The molecule has 1 N–H and O–H groups in total. The predicted molar refractivity (Wildman–Crippen MR) is 123 cm³/mol. The first-order valence-corrected chi connectivity index (χ1v) is 11.1. The van der Waals surface area contributed by atoms with Crippen LogP contribution in [0.15, 0.2) is 45.8 Å². The Kier molecular flexibility index (Phi) is 5.41. The molecule has 2 saturated heterocycles. The van der Waals surface area contributed by atoms with Crippen LogP contribution in [0.4, 0.5) is 21.6 Å². The summed E-state index contributed by atoms with van der Waals surface area (Å²) in [5, 5.41) is 3.42. The van der Waals surface area contributed by atoms with Crippen LogP contribution in [0.1, 0.15) is 0 Å². The van der Waals surface area contributed by atoms with Gasteiger partial charge in [-0.1, -0.05) is 0 Å². The number of anilines is 3. The molecule has 1 aromatic carbocycles. The van der Waals surface area contributed by atoms with Gasteiger partial charge in [0.15, 0.2) is 0 Å². The molecular weight excluding hydrogens is 465 g/mol. The van der Waals surface area contributed by atoms with Crippen LogP contribution in [0.25, 0.3) is 10.9 Å². The molecule has 0 saturated carbocycles. The Balaban J connectivity index is 1.33. The molecule has 5 rings (SSSR count). The van der Waals surface area contributed by atoms with Gasteiger partial charge in [0.25, 0.3) is 5.56 Å². The van der Waals surface area contributed by atoms with Crippen LogP contribution in [0.2, 0.25) is 0 Å². The molecule has 0 bridgehead atoms. The van der Waals surface area contributed by atoms with E-state index in [1.54, 1.807) is 19.2 Å². The van der Waals surface area contributed by atoms with Gasteiger partial charge in [-0.05, 0) is 46.3 Å². The molecule has 3 aromatic rings. The van der Waals surface area contributed by atoms with E-state index < -0.39 is 5.82 Å². The third-order valence-electron chi connectivity index (χ3n) is 6.12. The number of halogens is 2. The van der Waals surface area contributed by atoms with Crippen LogP contribution in [-0.4, -0.2) is 59.9 Å².